The Morgan fingerprint density at radius 1 is 1.47 bits per heavy atom. The second-order valence-electron chi connectivity index (χ2n) is 5.31. The van der Waals surface area contributed by atoms with Crippen LogP contribution >= 0.6 is 0 Å². The van der Waals surface area contributed by atoms with Gasteiger partial charge in [0.05, 0.1) is 18.8 Å². The van der Waals surface area contributed by atoms with Gasteiger partial charge in [0, 0.05) is 6.04 Å². The summed E-state index contributed by atoms with van der Waals surface area (Å²) in [6, 6.07) is 0.313. The van der Waals surface area contributed by atoms with Gasteiger partial charge in [0.25, 0.3) is 0 Å². The maximum Gasteiger partial charge on any atom is 0.234 e. The molecule has 1 aliphatic rings. The van der Waals surface area contributed by atoms with Crippen LogP contribution in [-0.2, 0) is 4.79 Å². The van der Waals surface area contributed by atoms with E-state index in [4.69, 9.17) is 4.42 Å². The molecule has 1 aliphatic carbocycles. The topological polar surface area (TPSA) is 67.2 Å². The minimum absolute atomic E-state index is 0.0502. The zero-order valence-corrected chi connectivity index (χ0v) is 11.7. The van der Waals surface area contributed by atoms with E-state index in [0.717, 1.165) is 18.6 Å². The van der Waals surface area contributed by atoms with Crippen LogP contribution in [0.2, 0.25) is 0 Å². The molecule has 0 bridgehead atoms. The molecule has 1 aromatic heterocycles. The molecular formula is C14H23N3O2. The lowest BCUT2D eigenvalue weighted by atomic mass is 9.95. The maximum absolute atomic E-state index is 11.8. The summed E-state index contributed by atoms with van der Waals surface area (Å²) < 4.78 is 5.42. The van der Waals surface area contributed by atoms with Gasteiger partial charge in [-0.25, -0.2) is 4.98 Å². The molecule has 106 valence electrons. The fourth-order valence-corrected chi connectivity index (χ4v) is 2.43. The Morgan fingerprint density at radius 3 is 2.84 bits per heavy atom. The summed E-state index contributed by atoms with van der Waals surface area (Å²) in [6.07, 6.45) is 7.66. The average Bonchev–Trinajstić information content (AvgIpc) is 2.84. The van der Waals surface area contributed by atoms with Gasteiger partial charge in [-0.3, -0.25) is 10.1 Å². The number of aryl methyl sites for hydroxylation is 1. The standard InChI is InChI=1S/C14H23N3O2/c1-10-8-16-14(19-10)11(2)15-9-13(18)17-12-6-4-3-5-7-12/h8,11-12,15H,3-7,9H2,1-2H3,(H,17,18). The summed E-state index contributed by atoms with van der Waals surface area (Å²) in [5, 5.41) is 6.21. The minimum atomic E-state index is -0.0502. The molecule has 5 nitrogen and oxygen atoms in total. The third-order valence-corrected chi connectivity index (χ3v) is 3.55. The second kappa shape index (κ2) is 6.70. The first-order chi connectivity index (χ1) is 9.15. The van der Waals surface area contributed by atoms with E-state index in [0.29, 0.717) is 18.5 Å². The van der Waals surface area contributed by atoms with Crippen molar-refractivity contribution in [2.24, 2.45) is 0 Å². The van der Waals surface area contributed by atoms with E-state index >= 15 is 0 Å². The third kappa shape index (κ3) is 4.35. The molecule has 0 saturated heterocycles. The van der Waals surface area contributed by atoms with Crippen LogP contribution in [-0.4, -0.2) is 23.5 Å². The molecule has 2 rings (SSSR count). The lowest BCUT2D eigenvalue weighted by Crippen LogP contribution is -2.41. The Labute approximate surface area is 114 Å². The van der Waals surface area contributed by atoms with E-state index in [1.54, 1.807) is 6.20 Å². The summed E-state index contributed by atoms with van der Waals surface area (Å²) in [6.45, 7) is 4.11. The Balaban J connectivity index is 1.70. The van der Waals surface area contributed by atoms with Gasteiger partial charge in [0.1, 0.15) is 5.76 Å². The van der Waals surface area contributed by atoms with Crippen LogP contribution in [0.1, 0.15) is 56.7 Å². The maximum atomic E-state index is 11.8. The van der Waals surface area contributed by atoms with Crippen LogP contribution < -0.4 is 10.6 Å². The summed E-state index contributed by atoms with van der Waals surface area (Å²) >= 11 is 0. The summed E-state index contributed by atoms with van der Waals surface area (Å²) in [5.74, 6) is 1.47. The van der Waals surface area contributed by atoms with Crippen molar-refractivity contribution in [2.45, 2.75) is 58.0 Å². The van der Waals surface area contributed by atoms with Crippen LogP contribution in [0.25, 0.3) is 0 Å². The molecule has 5 heteroatoms. The number of hydrogen-bond donors (Lipinski definition) is 2. The highest BCUT2D eigenvalue weighted by atomic mass is 16.4. The fourth-order valence-electron chi connectivity index (χ4n) is 2.43. The number of nitrogens with zero attached hydrogens (tertiary/aromatic N) is 1. The van der Waals surface area contributed by atoms with Gasteiger partial charge in [-0.2, -0.15) is 0 Å². The number of carbonyl (C=O) groups is 1. The molecule has 19 heavy (non-hydrogen) atoms. The van der Waals surface area contributed by atoms with E-state index in [2.05, 4.69) is 15.6 Å². The van der Waals surface area contributed by atoms with Gasteiger partial charge in [-0.1, -0.05) is 19.3 Å². The summed E-state index contributed by atoms with van der Waals surface area (Å²) in [7, 11) is 0. The average molecular weight is 265 g/mol. The summed E-state index contributed by atoms with van der Waals surface area (Å²) in [5.41, 5.74) is 0. The van der Waals surface area contributed by atoms with Crippen LogP contribution in [0.3, 0.4) is 0 Å². The molecule has 1 unspecified atom stereocenters. The molecule has 1 heterocycles. The number of nitrogens with one attached hydrogen (secondary N) is 2. The van der Waals surface area contributed by atoms with Crippen molar-refractivity contribution in [3.05, 3.63) is 17.8 Å². The van der Waals surface area contributed by atoms with E-state index in [9.17, 15) is 4.79 Å². The number of amides is 1. The van der Waals surface area contributed by atoms with Crippen molar-refractivity contribution in [3.63, 3.8) is 0 Å². The lowest BCUT2D eigenvalue weighted by Gasteiger charge is -2.23. The number of rotatable bonds is 5. The first-order valence-corrected chi connectivity index (χ1v) is 7.10. The van der Waals surface area contributed by atoms with Crippen molar-refractivity contribution >= 4 is 5.91 Å². The molecule has 0 spiro atoms. The largest absolute Gasteiger partial charge is 0.444 e. The zero-order chi connectivity index (χ0) is 13.7. The summed E-state index contributed by atoms with van der Waals surface area (Å²) in [4.78, 5) is 16.0. The predicted molar refractivity (Wildman–Crippen MR) is 72.7 cm³/mol. The molecule has 1 amide bonds. The molecule has 1 fully saturated rings. The number of oxazole rings is 1. The smallest absolute Gasteiger partial charge is 0.234 e. The van der Waals surface area contributed by atoms with E-state index < -0.39 is 0 Å². The molecule has 1 aromatic rings. The fraction of sp³-hybridized carbons (Fsp3) is 0.714. The molecule has 0 aromatic carbocycles. The van der Waals surface area contributed by atoms with E-state index in [1.807, 2.05) is 13.8 Å². The quantitative estimate of drug-likeness (QED) is 0.855. The van der Waals surface area contributed by atoms with Crippen molar-refractivity contribution < 1.29 is 9.21 Å². The van der Waals surface area contributed by atoms with Crippen molar-refractivity contribution in [2.75, 3.05) is 6.54 Å². The minimum Gasteiger partial charge on any atom is -0.444 e. The second-order valence-corrected chi connectivity index (χ2v) is 5.31. The first kappa shape index (κ1) is 14.1. The SMILES string of the molecule is Cc1cnc(C(C)NCC(=O)NC2CCCCC2)o1. The lowest BCUT2D eigenvalue weighted by molar-refractivity contribution is -0.121. The molecular weight excluding hydrogens is 242 g/mol. The van der Waals surface area contributed by atoms with Gasteiger partial charge in [0.2, 0.25) is 11.8 Å². The van der Waals surface area contributed by atoms with Gasteiger partial charge >= 0.3 is 0 Å². The Kier molecular flexibility index (Phi) is 4.96. The monoisotopic (exact) mass is 265 g/mol. The molecule has 0 aliphatic heterocycles. The highest BCUT2D eigenvalue weighted by Crippen LogP contribution is 2.17. The normalized spacial score (nSPS) is 18.2. The van der Waals surface area contributed by atoms with E-state index in [-0.39, 0.29) is 11.9 Å². The number of carbonyl (C=O) groups excluding carboxylic acids is 1. The first-order valence-electron chi connectivity index (χ1n) is 7.10. The van der Waals surface area contributed by atoms with Crippen molar-refractivity contribution in [1.29, 1.82) is 0 Å². The van der Waals surface area contributed by atoms with Gasteiger partial charge in [-0.15, -0.1) is 0 Å². The highest BCUT2D eigenvalue weighted by molar-refractivity contribution is 5.78. The van der Waals surface area contributed by atoms with Crippen molar-refractivity contribution in [3.8, 4) is 0 Å². The van der Waals surface area contributed by atoms with Crippen LogP contribution in [0.4, 0.5) is 0 Å². The molecule has 1 saturated carbocycles. The molecule has 1 atom stereocenters. The zero-order valence-electron chi connectivity index (χ0n) is 11.7. The Morgan fingerprint density at radius 2 is 2.21 bits per heavy atom. The highest BCUT2D eigenvalue weighted by Gasteiger charge is 2.17. The van der Waals surface area contributed by atoms with Crippen LogP contribution in [0.5, 0.6) is 0 Å². The van der Waals surface area contributed by atoms with Crippen LogP contribution in [0, 0.1) is 6.92 Å². The van der Waals surface area contributed by atoms with E-state index in [1.165, 1.54) is 19.3 Å². The van der Waals surface area contributed by atoms with Crippen molar-refractivity contribution in [1.82, 2.24) is 15.6 Å². The number of hydrogen-bond acceptors (Lipinski definition) is 4. The number of aromatic nitrogens is 1. The van der Waals surface area contributed by atoms with Gasteiger partial charge in [-0.05, 0) is 26.7 Å². The van der Waals surface area contributed by atoms with Gasteiger partial charge < -0.3 is 9.73 Å². The third-order valence-electron chi connectivity index (χ3n) is 3.55. The Hall–Kier alpha value is -1.36. The van der Waals surface area contributed by atoms with Crippen LogP contribution in [0.15, 0.2) is 10.6 Å². The van der Waals surface area contributed by atoms with Gasteiger partial charge in [0.15, 0.2) is 0 Å². The molecule has 2 N–H and O–H groups in total. The molecule has 0 radical (unpaired) electrons. The Bertz CT molecular complexity index is 411. The predicted octanol–water partition coefficient (Wildman–Crippen LogP) is 2.08.